The molecule has 1 heterocycles. The van der Waals surface area contributed by atoms with Crippen molar-refractivity contribution in [1.29, 1.82) is 0 Å². The van der Waals surface area contributed by atoms with Crippen molar-refractivity contribution in [2.24, 2.45) is 11.0 Å². The molecule has 1 aromatic rings. The molecular formula is C16H20F3N3O3. The van der Waals surface area contributed by atoms with E-state index < -0.39 is 23.9 Å². The summed E-state index contributed by atoms with van der Waals surface area (Å²) in [5, 5.41) is 15.9. The number of alkyl halides is 3. The van der Waals surface area contributed by atoms with Crippen LogP contribution >= 0.6 is 0 Å². The van der Waals surface area contributed by atoms with E-state index in [9.17, 15) is 23.1 Å². The summed E-state index contributed by atoms with van der Waals surface area (Å²) in [7, 11) is 0. The van der Waals surface area contributed by atoms with Gasteiger partial charge in [-0.1, -0.05) is 19.9 Å². The molecule has 0 aliphatic carbocycles. The van der Waals surface area contributed by atoms with Crippen LogP contribution in [0.5, 0.6) is 0 Å². The molecule has 6 nitrogen and oxygen atoms in total. The molecule has 1 aromatic carbocycles. The van der Waals surface area contributed by atoms with E-state index in [0.29, 0.717) is 6.42 Å². The highest BCUT2D eigenvalue weighted by molar-refractivity contribution is 6.04. The lowest BCUT2D eigenvalue weighted by Gasteiger charge is -2.23. The molecule has 1 amide bonds. The quantitative estimate of drug-likeness (QED) is 0.729. The molecule has 0 saturated heterocycles. The average Bonchev–Trinajstić information content (AvgIpc) is 2.54. The van der Waals surface area contributed by atoms with Gasteiger partial charge >= 0.3 is 12.3 Å². The maximum atomic E-state index is 13.4. The van der Waals surface area contributed by atoms with Crippen molar-refractivity contribution >= 4 is 17.5 Å². The molecule has 25 heavy (non-hydrogen) atoms. The number of aliphatic hydroxyl groups is 1. The fourth-order valence-corrected chi connectivity index (χ4v) is 2.51. The zero-order valence-corrected chi connectivity index (χ0v) is 13.9. The number of ether oxygens (including phenoxy) is 1. The highest BCUT2D eigenvalue weighted by Crippen LogP contribution is 2.36. The number of halogens is 3. The second-order valence-electron chi connectivity index (χ2n) is 6.16. The summed E-state index contributed by atoms with van der Waals surface area (Å²) in [6, 6.07) is 3.22. The number of carbonyl (C=O) groups excluding carboxylic acids is 1. The molecule has 138 valence electrons. The zero-order valence-electron chi connectivity index (χ0n) is 13.9. The smallest absolute Gasteiger partial charge is 0.428 e. The summed E-state index contributed by atoms with van der Waals surface area (Å²) in [5.74, 6) is 0.218. The predicted octanol–water partition coefficient (Wildman–Crippen LogP) is 2.97. The molecule has 9 heteroatoms. The number of carbonyl (C=O) groups is 1. The Morgan fingerprint density at radius 1 is 1.40 bits per heavy atom. The number of hydrazone groups is 1. The predicted molar refractivity (Wildman–Crippen MR) is 86.4 cm³/mol. The minimum Gasteiger partial charge on any atom is -0.442 e. The number of anilines is 1. The number of hydrogen-bond donors (Lipinski definition) is 3. The number of amides is 1. The minimum atomic E-state index is -4.59. The van der Waals surface area contributed by atoms with Crippen molar-refractivity contribution < 1.29 is 27.8 Å². The lowest BCUT2D eigenvalue weighted by atomic mass is 10.0. The first-order chi connectivity index (χ1) is 11.7. The van der Waals surface area contributed by atoms with Crippen LogP contribution in [0.1, 0.15) is 31.4 Å². The van der Waals surface area contributed by atoms with Crippen LogP contribution in [-0.4, -0.2) is 36.2 Å². The van der Waals surface area contributed by atoms with E-state index in [1.54, 1.807) is 0 Å². The number of nitrogens with zero attached hydrogens (tertiary/aromatic N) is 1. The van der Waals surface area contributed by atoms with Gasteiger partial charge in [-0.3, -0.25) is 0 Å². The molecular weight excluding hydrogens is 339 g/mol. The van der Waals surface area contributed by atoms with Crippen molar-refractivity contribution in [2.45, 2.75) is 32.5 Å². The number of aliphatic hydroxyl groups excluding tert-OH is 1. The number of rotatable bonds is 6. The van der Waals surface area contributed by atoms with Crippen molar-refractivity contribution in [3.8, 4) is 0 Å². The van der Waals surface area contributed by atoms with E-state index >= 15 is 0 Å². The Bertz CT molecular complexity index is 660. The largest absolute Gasteiger partial charge is 0.442 e. The molecule has 0 bridgehead atoms. The van der Waals surface area contributed by atoms with Crippen LogP contribution in [-0.2, 0) is 10.9 Å². The van der Waals surface area contributed by atoms with E-state index in [2.05, 4.69) is 15.8 Å². The van der Waals surface area contributed by atoms with Gasteiger partial charge in [-0.2, -0.15) is 18.3 Å². The lowest BCUT2D eigenvalue weighted by molar-refractivity contribution is -0.137. The molecule has 1 aliphatic heterocycles. The minimum absolute atomic E-state index is 0.114. The molecule has 1 aliphatic rings. The number of cyclic esters (lactones) is 1. The molecule has 0 spiro atoms. The molecule has 3 N–H and O–H groups in total. The summed E-state index contributed by atoms with van der Waals surface area (Å²) < 4.78 is 45.0. The van der Waals surface area contributed by atoms with Gasteiger partial charge in [0, 0.05) is 17.3 Å². The third-order valence-electron chi connectivity index (χ3n) is 3.62. The molecule has 0 unspecified atom stereocenters. The van der Waals surface area contributed by atoms with Crippen molar-refractivity contribution in [3.63, 3.8) is 0 Å². The monoisotopic (exact) mass is 359 g/mol. The SMILES string of the molecule is CC(C)C[C@H](CO)Nc1ccc(C2=NNC(=O)OC2)cc1C(F)(F)F. The molecule has 0 aromatic heterocycles. The van der Waals surface area contributed by atoms with E-state index in [1.165, 1.54) is 12.1 Å². The van der Waals surface area contributed by atoms with Gasteiger partial charge in [0.1, 0.15) is 12.3 Å². The molecule has 0 radical (unpaired) electrons. The van der Waals surface area contributed by atoms with Crippen LogP contribution < -0.4 is 10.7 Å². The Morgan fingerprint density at radius 3 is 2.64 bits per heavy atom. The summed E-state index contributed by atoms with van der Waals surface area (Å²) in [6.45, 7) is 3.37. The number of hydrogen-bond acceptors (Lipinski definition) is 5. The maximum absolute atomic E-state index is 13.4. The van der Waals surface area contributed by atoms with Crippen LogP contribution in [0.15, 0.2) is 23.3 Å². The number of benzene rings is 1. The van der Waals surface area contributed by atoms with Gasteiger partial charge in [-0.15, -0.1) is 0 Å². The van der Waals surface area contributed by atoms with Crippen molar-refractivity contribution in [3.05, 3.63) is 29.3 Å². The van der Waals surface area contributed by atoms with Crippen LogP contribution in [0.4, 0.5) is 23.7 Å². The Morgan fingerprint density at radius 2 is 2.12 bits per heavy atom. The van der Waals surface area contributed by atoms with Crippen molar-refractivity contribution in [2.75, 3.05) is 18.5 Å². The molecule has 0 saturated carbocycles. The molecule has 1 atom stereocenters. The highest BCUT2D eigenvalue weighted by Gasteiger charge is 2.35. The Labute approximate surface area is 143 Å². The van der Waals surface area contributed by atoms with Gasteiger partial charge in [0.25, 0.3) is 0 Å². The first-order valence-corrected chi connectivity index (χ1v) is 7.79. The topological polar surface area (TPSA) is 83.0 Å². The van der Waals surface area contributed by atoms with Gasteiger partial charge in [0.05, 0.1) is 12.2 Å². The van der Waals surface area contributed by atoms with Gasteiger partial charge in [0.2, 0.25) is 0 Å². The third kappa shape index (κ3) is 5.09. The Hall–Kier alpha value is -2.29. The lowest BCUT2D eigenvalue weighted by Crippen LogP contribution is -2.31. The standard InChI is InChI=1S/C16H20F3N3O3/c1-9(2)5-11(7-23)20-13-4-3-10(6-12(13)16(17,18)19)14-8-25-15(24)22-21-14/h3-4,6,9,11,20,23H,5,7-8H2,1-2H3,(H,22,24)/t11-/m1/s1. The Kier molecular flexibility index (Phi) is 5.89. The van der Waals surface area contributed by atoms with E-state index in [4.69, 9.17) is 4.74 Å². The van der Waals surface area contributed by atoms with Gasteiger partial charge in [-0.25, -0.2) is 10.2 Å². The second-order valence-corrected chi connectivity index (χ2v) is 6.16. The zero-order chi connectivity index (χ0) is 18.6. The maximum Gasteiger partial charge on any atom is 0.428 e. The van der Waals surface area contributed by atoms with Gasteiger partial charge < -0.3 is 15.2 Å². The fraction of sp³-hybridized carbons (Fsp3) is 0.500. The van der Waals surface area contributed by atoms with Gasteiger partial charge in [-0.05, 0) is 24.5 Å². The van der Waals surface area contributed by atoms with E-state index in [0.717, 1.165) is 6.07 Å². The van der Waals surface area contributed by atoms with Crippen LogP contribution in [0.3, 0.4) is 0 Å². The number of nitrogens with one attached hydrogen (secondary N) is 2. The van der Waals surface area contributed by atoms with E-state index in [-0.39, 0.29) is 36.1 Å². The first kappa shape index (κ1) is 19.0. The molecule has 2 rings (SSSR count). The van der Waals surface area contributed by atoms with Crippen molar-refractivity contribution in [1.82, 2.24) is 5.43 Å². The third-order valence-corrected chi connectivity index (χ3v) is 3.62. The summed E-state index contributed by atoms with van der Waals surface area (Å²) >= 11 is 0. The Balaban J connectivity index is 2.33. The van der Waals surface area contributed by atoms with Gasteiger partial charge in [0.15, 0.2) is 0 Å². The van der Waals surface area contributed by atoms with E-state index in [1.807, 2.05) is 13.8 Å². The first-order valence-electron chi connectivity index (χ1n) is 7.79. The summed E-state index contributed by atoms with van der Waals surface area (Å²) in [6.07, 6.45) is -4.81. The second kappa shape index (κ2) is 7.73. The normalized spacial score (nSPS) is 16.1. The average molecular weight is 359 g/mol. The highest BCUT2D eigenvalue weighted by atomic mass is 19.4. The van der Waals surface area contributed by atoms with Crippen LogP contribution in [0, 0.1) is 5.92 Å². The molecule has 0 fully saturated rings. The fourth-order valence-electron chi connectivity index (χ4n) is 2.51. The van der Waals surface area contributed by atoms with Crippen LogP contribution in [0.2, 0.25) is 0 Å². The summed E-state index contributed by atoms with van der Waals surface area (Å²) in [4.78, 5) is 10.9. The van der Waals surface area contributed by atoms with Crippen LogP contribution in [0.25, 0.3) is 0 Å². The summed E-state index contributed by atoms with van der Waals surface area (Å²) in [5.41, 5.74) is 1.47.